The second-order valence-corrected chi connectivity index (χ2v) is 5.82. The first-order chi connectivity index (χ1) is 8.52. The Morgan fingerprint density at radius 2 is 2.00 bits per heavy atom. The quantitative estimate of drug-likeness (QED) is 0.786. The van der Waals surface area contributed by atoms with Crippen LogP contribution in [0.4, 0.5) is 0 Å². The minimum Gasteiger partial charge on any atom is -0.496 e. The van der Waals surface area contributed by atoms with Crippen molar-refractivity contribution in [1.29, 1.82) is 0 Å². The van der Waals surface area contributed by atoms with Gasteiger partial charge >= 0.3 is 0 Å². The Morgan fingerprint density at radius 3 is 2.50 bits per heavy atom. The molecule has 1 aliphatic carbocycles. The van der Waals surface area contributed by atoms with Crippen molar-refractivity contribution in [2.45, 2.75) is 52.1 Å². The molecule has 18 heavy (non-hydrogen) atoms. The first kappa shape index (κ1) is 13.4. The maximum atomic E-state index is 5.49. The highest BCUT2D eigenvalue weighted by Crippen LogP contribution is 2.32. The van der Waals surface area contributed by atoms with Crippen LogP contribution in [0.25, 0.3) is 0 Å². The zero-order valence-electron chi connectivity index (χ0n) is 12.3. The normalized spacial score (nSPS) is 15.5. The second-order valence-electron chi connectivity index (χ2n) is 5.82. The van der Waals surface area contributed by atoms with Gasteiger partial charge in [0.2, 0.25) is 0 Å². The Bertz CT molecular complexity index is 421. The summed E-state index contributed by atoms with van der Waals surface area (Å²) in [6.07, 6.45) is 2.73. The number of methoxy groups -OCH3 is 1. The molecular weight excluding hydrogens is 222 g/mol. The van der Waals surface area contributed by atoms with Crippen LogP contribution in [-0.4, -0.2) is 25.1 Å². The van der Waals surface area contributed by atoms with Gasteiger partial charge in [0.1, 0.15) is 5.75 Å². The van der Waals surface area contributed by atoms with Gasteiger partial charge in [-0.3, -0.25) is 4.90 Å². The van der Waals surface area contributed by atoms with Crippen molar-refractivity contribution in [3.8, 4) is 5.75 Å². The van der Waals surface area contributed by atoms with Gasteiger partial charge in [0.25, 0.3) is 0 Å². The molecule has 2 heteroatoms. The number of benzene rings is 1. The molecule has 1 aliphatic rings. The van der Waals surface area contributed by atoms with Crippen molar-refractivity contribution < 1.29 is 4.74 Å². The van der Waals surface area contributed by atoms with E-state index in [1.807, 2.05) is 0 Å². The molecule has 0 spiro atoms. The maximum Gasteiger partial charge on any atom is 0.122 e. The van der Waals surface area contributed by atoms with E-state index in [1.165, 1.54) is 29.5 Å². The van der Waals surface area contributed by atoms with Crippen molar-refractivity contribution in [3.63, 3.8) is 0 Å². The van der Waals surface area contributed by atoms with E-state index in [2.05, 4.69) is 44.9 Å². The van der Waals surface area contributed by atoms with Gasteiger partial charge in [-0.2, -0.15) is 0 Å². The number of hydrogen-bond donors (Lipinski definition) is 0. The van der Waals surface area contributed by atoms with Gasteiger partial charge in [0.05, 0.1) is 7.11 Å². The largest absolute Gasteiger partial charge is 0.496 e. The van der Waals surface area contributed by atoms with E-state index in [9.17, 15) is 0 Å². The Labute approximate surface area is 111 Å². The average Bonchev–Trinajstić information content (AvgIpc) is 3.14. The lowest BCUT2D eigenvalue weighted by Crippen LogP contribution is -2.20. The predicted octanol–water partition coefficient (Wildman–Crippen LogP) is 3.72. The van der Waals surface area contributed by atoms with Crippen molar-refractivity contribution >= 4 is 0 Å². The molecule has 0 saturated heterocycles. The lowest BCUT2D eigenvalue weighted by atomic mass is 9.96. The van der Waals surface area contributed by atoms with E-state index in [4.69, 9.17) is 4.74 Å². The number of aryl methyl sites for hydroxylation is 1. The molecule has 2 rings (SSSR count). The number of nitrogens with zero attached hydrogens (tertiary/aromatic N) is 1. The van der Waals surface area contributed by atoms with E-state index in [-0.39, 0.29) is 0 Å². The van der Waals surface area contributed by atoms with Gasteiger partial charge in [-0.1, -0.05) is 19.9 Å². The molecule has 0 aliphatic heterocycles. The lowest BCUT2D eigenvalue weighted by molar-refractivity contribution is 0.315. The summed E-state index contributed by atoms with van der Waals surface area (Å²) in [6.45, 7) is 7.69. The number of ether oxygens (including phenoxy) is 1. The molecule has 0 N–H and O–H groups in total. The van der Waals surface area contributed by atoms with E-state index in [0.717, 1.165) is 18.3 Å². The maximum absolute atomic E-state index is 5.49. The molecule has 1 aromatic rings. The minimum atomic E-state index is 0.505. The third kappa shape index (κ3) is 2.86. The van der Waals surface area contributed by atoms with Gasteiger partial charge in [0, 0.05) is 12.6 Å². The Hall–Kier alpha value is -1.02. The summed E-state index contributed by atoms with van der Waals surface area (Å²) >= 11 is 0. The van der Waals surface area contributed by atoms with Crippen LogP contribution in [0.2, 0.25) is 0 Å². The SMILES string of the molecule is COc1cc(C)c(CN(C)C2CC2)cc1C(C)C. The highest BCUT2D eigenvalue weighted by Gasteiger charge is 2.26. The van der Waals surface area contributed by atoms with Crippen LogP contribution in [0.1, 0.15) is 49.3 Å². The summed E-state index contributed by atoms with van der Waals surface area (Å²) in [5.74, 6) is 1.53. The van der Waals surface area contributed by atoms with E-state index < -0.39 is 0 Å². The summed E-state index contributed by atoms with van der Waals surface area (Å²) in [4.78, 5) is 2.47. The first-order valence-electron chi connectivity index (χ1n) is 6.90. The fourth-order valence-corrected chi connectivity index (χ4v) is 2.46. The van der Waals surface area contributed by atoms with E-state index in [0.29, 0.717) is 5.92 Å². The van der Waals surface area contributed by atoms with Gasteiger partial charge in [-0.25, -0.2) is 0 Å². The minimum absolute atomic E-state index is 0.505. The monoisotopic (exact) mass is 247 g/mol. The highest BCUT2D eigenvalue weighted by atomic mass is 16.5. The van der Waals surface area contributed by atoms with Crippen LogP contribution in [0.5, 0.6) is 5.75 Å². The smallest absolute Gasteiger partial charge is 0.122 e. The van der Waals surface area contributed by atoms with Crippen LogP contribution in [0.15, 0.2) is 12.1 Å². The van der Waals surface area contributed by atoms with Crippen LogP contribution in [0, 0.1) is 6.92 Å². The second kappa shape index (κ2) is 5.31. The predicted molar refractivity (Wildman–Crippen MR) is 76.3 cm³/mol. The molecule has 2 nitrogen and oxygen atoms in total. The van der Waals surface area contributed by atoms with E-state index >= 15 is 0 Å². The number of hydrogen-bond acceptors (Lipinski definition) is 2. The summed E-state index contributed by atoms with van der Waals surface area (Å²) in [5.41, 5.74) is 4.10. The van der Waals surface area contributed by atoms with Crippen molar-refractivity contribution in [2.24, 2.45) is 0 Å². The summed E-state index contributed by atoms with van der Waals surface area (Å²) in [5, 5.41) is 0. The molecule has 1 aromatic carbocycles. The van der Waals surface area contributed by atoms with Crippen LogP contribution >= 0.6 is 0 Å². The Kier molecular flexibility index (Phi) is 3.96. The summed E-state index contributed by atoms with van der Waals surface area (Å²) in [7, 11) is 3.99. The summed E-state index contributed by atoms with van der Waals surface area (Å²) in [6, 6.07) is 5.33. The molecule has 0 atom stereocenters. The Morgan fingerprint density at radius 1 is 1.33 bits per heavy atom. The van der Waals surface area contributed by atoms with Crippen molar-refractivity contribution in [3.05, 3.63) is 28.8 Å². The molecule has 1 saturated carbocycles. The molecule has 1 fully saturated rings. The molecule has 0 aromatic heterocycles. The van der Waals surface area contributed by atoms with Gasteiger partial charge in [0.15, 0.2) is 0 Å². The van der Waals surface area contributed by atoms with Crippen LogP contribution in [-0.2, 0) is 6.54 Å². The summed E-state index contributed by atoms with van der Waals surface area (Å²) < 4.78 is 5.49. The third-order valence-corrected chi connectivity index (χ3v) is 3.90. The topological polar surface area (TPSA) is 12.5 Å². The molecule has 0 unspecified atom stereocenters. The molecule has 0 amide bonds. The van der Waals surface area contributed by atoms with Crippen LogP contribution < -0.4 is 4.74 Å². The van der Waals surface area contributed by atoms with Gasteiger partial charge < -0.3 is 4.74 Å². The van der Waals surface area contributed by atoms with Gasteiger partial charge in [-0.15, -0.1) is 0 Å². The first-order valence-corrected chi connectivity index (χ1v) is 6.90. The van der Waals surface area contributed by atoms with E-state index in [1.54, 1.807) is 7.11 Å². The van der Waals surface area contributed by atoms with Crippen molar-refractivity contribution in [1.82, 2.24) is 4.90 Å². The number of rotatable bonds is 5. The van der Waals surface area contributed by atoms with Crippen molar-refractivity contribution in [2.75, 3.05) is 14.2 Å². The lowest BCUT2D eigenvalue weighted by Gasteiger charge is -2.20. The fourth-order valence-electron chi connectivity index (χ4n) is 2.46. The molecule has 0 heterocycles. The zero-order chi connectivity index (χ0) is 13.3. The fraction of sp³-hybridized carbons (Fsp3) is 0.625. The van der Waals surface area contributed by atoms with Crippen LogP contribution in [0.3, 0.4) is 0 Å². The Balaban J connectivity index is 2.25. The standard InChI is InChI=1S/C16H25NO/c1-11(2)15-9-13(10-17(4)14-6-7-14)12(3)8-16(15)18-5/h8-9,11,14H,6-7,10H2,1-5H3. The molecule has 0 bridgehead atoms. The zero-order valence-corrected chi connectivity index (χ0v) is 12.3. The molecule has 0 radical (unpaired) electrons. The molecule has 100 valence electrons. The highest BCUT2D eigenvalue weighted by molar-refractivity contribution is 5.43. The molecular formula is C16H25NO. The van der Waals surface area contributed by atoms with Gasteiger partial charge in [-0.05, 0) is 55.5 Å². The third-order valence-electron chi connectivity index (χ3n) is 3.90. The average molecular weight is 247 g/mol.